The van der Waals surface area contributed by atoms with Crippen LogP contribution in [0.15, 0.2) is 24.5 Å². The van der Waals surface area contributed by atoms with Gasteiger partial charge in [0, 0.05) is 43.3 Å². The normalized spacial score (nSPS) is 25.0. The van der Waals surface area contributed by atoms with E-state index < -0.39 is 5.60 Å². The first-order chi connectivity index (χ1) is 12.5. The number of aryl methyl sites for hydroxylation is 2. The summed E-state index contributed by atoms with van der Waals surface area (Å²) in [6, 6.07) is 4.07. The van der Waals surface area contributed by atoms with Crippen molar-refractivity contribution in [3.05, 3.63) is 35.0 Å². The van der Waals surface area contributed by atoms with E-state index in [1.54, 1.807) is 11.3 Å². The van der Waals surface area contributed by atoms with Gasteiger partial charge in [-0.25, -0.2) is 0 Å². The lowest BCUT2D eigenvalue weighted by molar-refractivity contribution is -0.146. The Morgan fingerprint density at radius 1 is 1.35 bits per heavy atom. The predicted octanol–water partition coefficient (Wildman–Crippen LogP) is 1.42. The zero-order valence-electron chi connectivity index (χ0n) is 15.2. The minimum absolute atomic E-state index is 0.0144. The maximum Gasteiger partial charge on any atom is 0.253 e. The molecule has 0 radical (unpaired) electrons. The molecule has 2 aromatic heterocycles. The first kappa shape index (κ1) is 17.7. The van der Waals surface area contributed by atoms with E-state index in [4.69, 9.17) is 9.47 Å². The summed E-state index contributed by atoms with van der Waals surface area (Å²) in [5.74, 6) is 0.0144. The molecule has 0 aliphatic carbocycles. The monoisotopic (exact) mass is 376 g/mol. The number of thiophene rings is 1. The van der Waals surface area contributed by atoms with E-state index in [0.717, 1.165) is 24.6 Å². The lowest BCUT2D eigenvalue weighted by Gasteiger charge is -2.42. The quantitative estimate of drug-likeness (QED) is 0.811. The first-order valence-corrected chi connectivity index (χ1v) is 9.63. The molecule has 7 nitrogen and oxygen atoms in total. The molecule has 1 atom stereocenters. The summed E-state index contributed by atoms with van der Waals surface area (Å²) in [5, 5.41) is 5.23. The van der Waals surface area contributed by atoms with Crippen LogP contribution in [0, 0.1) is 6.92 Å². The van der Waals surface area contributed by atoms with Crippen molar-refractivity contribution in [1.29, 1.82) is 0 Å². The maximum atomic E-state index is 12.4. The number of hydrogen-bond acceptors (Lipinski definition) is 6. The third kappa shape index (κ3) is 3.68. The smallest absolute Gasteiger partial charge is 0.253 e. The molecule has 4 heterocycles. The fraction of sp³-hybridized carbons (Fsp3) is 0.556. The zero-order chi connectivity index (χ0) is 18.1. The van der Waals surface area contributed by atoms with Crippen molar-refractivity contribution in [1.82, 2.24) is 14.7 Å². The Morgan fingerprint density at radius 3 is 2.96 bits per heavy atom. The lowest BCUT2D eigenvalue weighted by Crippen LogP contribution is -2.60. The minimum Gasteiger partial charge on any atom is -0.377 e. The standard InChI is InChI=1S/C18H24N4O3S/c1-14-3-4-17(26-14)22-12-18(25-10-16(22)23)11-21(5-6-24-13-18)9-15-7-19-20(2)8-15/h3-4,7-8H,5-6,9-13H2,1-2H3. The number of hydrogen-bond donors (Lipinski definition) is 0. The third-order valence-corrected chi connectivity index (χ3v) is 5.86. The van der Waals surface area contributed by atoms with E-state index in [0.29, 0.717) is 19.8 Å². The number of rotatable bonds is 3. The van der Waals surface area contributed by atoms with Gasteiger partial charge in [0.15, 0.2) is 0 Å². The van der Waals surface area contributed by atoms with Crippen LogP contribution < -0.4 is 4.90 Å². The Labute approximate surface area is 157 Å². The van der Waals surface area contributed by atoms with Crippen molar-refractivity contribution in [2.45, 2.75) is 19.1 Å². The molecule has 1 spiro atoms. The fourth-order valence-electron chi connectivity index (χ4n) is 3.60. The molecule has 2 aliphatic heterocycles. The van der Waals surface area contributed by atoms with Crippen LogP contribution in [0.3, 0.4) is 0 Å². The van der Waals surface area contributed by atoms with Crippen LogP contribution in [0.5, 0.6) is 0 Å². The Balaban J connectivity index is 1.52. The highest BCUT2D eigenvalue weighted by molar-refractivity contribution is 7.16. The molecule has 1 unspecified atom stereocenters. The first-order valence-electron chi connectivity index (χ1n) is 8.81. The minimum atomic E-state index is -0.496. The van der Waals surface area contributed by atoms with Gasteiger partial charge < -0.3 is 9.47 Å². The number of ether oxygens (including phenoxy) is 2. The van der Waals surface area contributed by atoms with Crippen LogP contribution in [0.25, 0.3) is 0 Å². The second-order valence-corrected chi connectivity index (χ2v) is 8.39. The SMILES string of the molecule is Cc1ccc(N2CC3(COCCN(Cc4cnn(C)c4)C3)OCC2=O)s1. The molecule has 26 heavy (non-hydrogen) atoms. The molecule has 4 rings (SSSR count). The highest BCUT2D eigenvalue weighted by Crippen LogP contribution is 2.31. The van der Waals surface area contributed by atoms with Crippen molar-refractivity contribution in [2.75, 3.05) is 44.4 Å². The van der Waals surface area contributed by atoms with E-state index in [9.17, 15) is 4.79 Å². The van der Waals surface area contributed by atoms with E-state index in [2.05, 4.69) is 16.9 Å². The molecule has 0 saturated carbocycles. The average molecular weight is 376 g/mol. The molecule has 140 valence electrons. The summed E-state index contributed by atoms with van der Waals surface area (Å²) < 4.78 is 13.7. The largest absolute Gasteiger partial charge is 0.377 e. The Bertz CT molecular complexity index is 789. The lowest BCUT2D eigenvalue weighted by atomic mass is 10.0. The van der Waals surface area contributed by atoms with Crippen LogP contribution in [0.1, 0.15) is 10.4 Å². The summed E-state index contributed by atoms with van der Waals surface area (Å²) >= 11 is 1.64. The van der Waals surface area contributed by atoms with Crippen molar-refractivity contribution in [3.8, 4) is 0 Å². The number of carbonyl (C=O) groups is 1. The van der Waals surface area contributed by atoms with Crippen molar-refractivity contribution < 1.29 is 14.3 Å². The molecule has 2 fully saturated rings. The van der Waals surface area contributed by atoms with Crippen LogP contribution in [0.4, 0.5) is 5.00 Å². The highest BCUT2D eigenvalue weighted by atomic mass is 32.1. The Kier molecular flexibility index (Phi) is 4.83. The summed E-state index contributed by atoms with van der Waals surface area (Å²) in [6.45, 7) is 6.22. The van der Waals surface area contributed by atoms with E-state index in [1.807, 2.05) is 41.2 Å². The molecule has 2 aromatic rings. The Hall–Kier alpha value is -1.74. The number of amides is 1. The average Bonchev–Trinajstić information content (AvgIpc) is 3.16. The van der Waals surface area contributed by atoms with Gasteiger partial charge in [-0.05, 0) is 19.1 Å². The van der Waals surface area contributed by atoms with Crippen molar-refractivity contribution in [2.24, 2.45) is 7.05 Å². The van der Waals surface area contributed by atoms with Gasteiger partial charge in [0.05, 0.1) is 31.0 Å². The second-order valence-electron chi connectivity index (χ2n) is 7.12. The molecule has 2 aliphatic rings. The Morgan fingerprint density at radius 2 is 2.23 bits per heavy atom. The molecule has 0 aromatic carbocycles. The molecule has 1 amide bonds. The maximum absolute atomic E-state index is 12.4. The number of morpholine rings is 1. The topological polar surface area (TPSA) is 59.8 Å². The van der Waals surface area contributed by atoms with Gasteiger partial charge in [-0.1, -0.05) is 0 Å². The molecule has 0 N–H and O–H groups in total. The van der Waals surface area contributed by atoms with Crippen LogP contribution in [-0.4, -0.2) is 65.6 Å². The molecular formula is C18H24N4O3S. The van der Waals surface area contributed by atoms with Crippen LogP contribution in [-0.2, 0) is 27.9 Å². The van der Waals surface area contributed by atoms with Crippen molar-refractivity contribution in [3.63, 3.8) is 0 Å². The van der Waals surface area contributed by atoms with Gasteiger partial charge in [-0.15, -0.1) is 11.3 Å². The van der Waals surface area contributed by atoms with E-state index in [1.165, 1.54) is 10.4 Å². The molecular weight excluding hydrogens is 352 g/mol. The summed E-state index contributed by atoms with van der Waals surface area (Å²) in [6.07, 6.45) is 3.93. The van der Waals surface area contributed by atoms with Gasteiger partial charge in [0.25, 0.3) is 5.91 Å². The number of anilines is 1. The number of nitrogens with zero attached hydrogens (tertiary/aromatic N) is 4. The zero-order valence-corrected chi connectivity index (χ0v) is 16.0. The van der Waals surface area contributed by atoms with Gasteiger partial charge in [-0.3, -0.25) is 19.3 Å². The molecule has 0 bridgehead atoms. The third-order valence-electron chi connectivity index (χ3n) is 4.83. The van der Waals surface area contributed by atoms with Crippen LogP contribution in [0.2, 0.25) is 0 Å². The predicted molar refractivity (Wildman–Crippen MR) is 99.4 cm³/mol. The van der Waals surface area contributed by atoms with E-state index in [-0.39, 0.29) is 12.5 Å². The van der Waals surface area contributed by atoms with Gasteiger partial charge in [-0.2, -0.15) is 5.10 Å². The van der Waals surface area contributed by atoms with Crippen molar-refractivity contribution >= 4 is 22.2 Å². The molecule has 8 heteroatoms. The van der Waals surface area contributed by atoms with Gasteiger partial charge >= 0.3 is 0 Å². The summed E-state index contributed by atoms with van der Waals surface area (Å²) in [4.78, 5) is 17.8. The van der Waals surface area contributed by atoms with Crippen LogP contribution >= 0.6 is 11.3 Å². The number of aromatic nitrogens is 2. The molecule has 2 saturated heterocycles. The highest BCUT2D eigenvalue weighted by Gasteiger charge is 2.43. The van der Waals surface area contributed by atoms with Gasteiger partial charge in [0.2, 0.25) is 0 Å². The van der Waals surface area contributed by atoms with E-state index >= 15 is 0 Å². The second kappa shape index (κ2) is 7.11. The fourth-order valence-corrected chi connectivity index (χ4v) is 4.47. The summed E-state index contributed by atoms with van der Waals surface area (Å²) in [7, 11) is 1.92. The number of carbonyl (C=O) groups excluding carboxylic acids is 1. The summed E-state index contributed by atoms with van der Waals surface area (Å²) in [5.41, 5.74) is 0.673. The van der Waals surface area contributed by atoms with Gasteiger partial charge in [0.1, 0.15) is 12.2 Å².